The number of benzene rings is 1. The van der Waals surface area contributed by atoms with Crippen molar-refractivity contribution in [2.75, 3.05) is 4.90 Å². The molecule has 0 bridgehead atoms. The molecule has 1 saturated heterocycles. The van der Waals surface area contributed by atoms with Crippen molar-refractivity contribution in [2.45, 2.75) is 16.8 Å². The number of hydrogen-bond acceptors (Lipinski definition) is 6. The lowest BCUT2D eigenvalue weighted by atomic mass is 10.3. The molecule has 130 valence electrons. The standard InChI is InChI=1S/C17H12BrN5O2S/c18-11-1-3-12(4-2-11)23-14(24)9-13(16(23)25)26-17-20-15(21-22-17)10-5-7-19-8-6-10/h1-8,13H,9H2,(H,20,21,22). The average molecular weight is 430 g/mol. The van der Waals surface area contributed by atoms with E-state index in [0.717, 1.165) is 10.0 Å². The predicted octanol–water partition coefficient (Wildman–Crippen LogP) is 3.05. The van der Waals surface area contributed by atoms with E-state index in [9.17, 15) is 9.59 Å². The summed E-state index contributed by atoms with van der Waals surface area (Å²) in [6.07, 6.45) is 3.46. The van der Waals surface area contributed by atoms with Crippen molar-refractivity contribution in [3.63, 3.8) is 0 Å². The Hall–Kier alpha value is -2.52. The Labute approximate surface area is 161 Å². The van der Waals surface area contributed by atoms with Crippen LogP contribution in [0.15, 0.2) is 58.4 Å². The van der Waals surface area contributed by atoms with Gasteiger partial charge in [-0.25, -0.2) is 9.88 Å². The third kappa shape index (κ3) is 3.27. The van der Waals surface area contributed by atoms with Crippen molar-refractivity contribution in [1.82, 2.24) is 20.2 Å². The summed E-state index contributed by atoms with van der Waals surface area (Å²) in [5.74, 6) is 0.119. The summed E-state index contributed by atoms with van der Waals surface area (Å²) < 4.78 is 0.885. The lowest BCUT2D eigenvalue weighted by molar-refractivity contribution is -0.121. The number of pyridine rings is 1. The molecule has 0 spiro atoms. The van der Waals surface area contributed by atoms with Crippen molar-refractivity contribution < 1.29 is 9.59 Å². The number of amides is 2. The molecular formula is C17H12BrN5O2S. The van der Waals surface area contributed by atoms with Gasteiger partial charge in [0.15, 0.2) is 5.82 Å². The second kappa shape index (κ2) is 7.00. The molecule has 1 N–H and O–H groups in total. The number of H-pyrrole nitrogens is 1. The van der Waals surface area contributed by atoms with E-state index in [1.807, 2.05) is 12.1 Å². The number of nitrogens with one attached hydrogen (secondary N) is 1. The van der Waals surface area contributed by atoms with Crippen LogP contribution in [-0.2, 0) is 9.59 Å². The first kappa shape index (κ1) is 16.9. The highest BCUT2D eigenvalue weighted by atomic mass is 79.9. The third-order valence-electron chi connectivity index (χ3n) is 3.86. The Morgan fingerprint density at radius 1 is 1.12 bits per heavy atom. The van der Waals surface area contributed by atoms with Gasteiger partial charge >= 0.3 is 0 Å². The van der Waals surface area contributed by atoms with E-state index in [1.54, 1.807) is 36.7 Å². The van der Waals surface area contributed by atoms with Crippen LogP contribution in [-0.4, -0.2) is 37.2 Å². The zero-order chi connectivity index (χ0) is 18.1. The number of aromatic nitrogens is 4. The Bertz CT molecular complexity index is 961. The molecule has 1 fully saturated rings. The minimum absolute atomic E-state index is 0.124. The van der Waals surface area contributed by atoms with E-state index >= 15 is 0 Å². The summed E-state index contributed by atoms with van der Waals surface area (Å²) in [6.45, 7) is 0. The van der Waals surface area contributed by atoms with Crippen LogP contribution in [0.3, 0.4) is 0 Å². The lowest BCUT2D eigenvalue weighted by Crippen LogP contribution is -2.31. The summed E-state index contributed by atoms with van der Waals surface area (Å²) in [4.78, 5) is 34.6. The minimum atomic E-state index is -0.535. The number of halogens is 1. The number of anilines is 1. The van der Waals surface area contributed by atoms with Gasteiger partial charge in [0.05, 0.1) is 5.69 Å². The van der Waals surface area contributed by atoms with Gasteiger partial charge in [-0.3, -0.25) is 19.7 Å². The Kier molecular flexibility index (Phi) is 4.56. The van der Waals surface area contributed by atoms with Crippen LogP contribution in [0.1, 0.15) is 6.42 Å². The van der Waals surface area contributed by atoms with Crippen molar-refractivity contribution in [1.29, 1.82) is 0 Å². The molecule has 0 radical (unpaired) electrons. The Balaban J connectivity index is 1.51. The number of carbonyl (C=O) groups excluding carboxylic acids is 2. The molecule has 1 aromatic carbocycles. The summed E-state index contributed by atoms with van der Waals surface area (Å²) in [6, 6.07) is 10.7. The van der Waals surface area contributed by atoms with Gasteiger partial charge in [-0.15, -0.1) is 5.10 Å². The fourth-order valence-electron chi connectivity index (χ4n) is 2.62. The smallest absolute Gasteiger partial charge is 0.247 e. The van der Waals surface area contributed by atoms with Crippen LogP contribution in [0.5, 0.6) is 0 Å². The molecule has 0 saturated carbocycles. The first-order chi connectivity index (χ1) is 12.6. The van der Waals surface area contributed by atoms with Crippen molar-refractivity contribution in [2.24, 2.45) is 0 Å². The largest absolute Gasteiger partial charge is 0.274 e. The van der Waals surface area contributed by atoms with Crippen LogP contribution >= 0.6 is 27.7 Å². The molecule has 7 nitrogen and oxygen atoms in total. The number of carbonyl (C=O) groups is 2. The van der Waals surface area contributed by atoms with E-state index in [0.29, 0.717) is 16.7 Å². The fourth-order valence-corrected chi connectivity index (χ4v) is 3.82. The number of nitrogens with zero attached hydrogens (tertiary/aromatic N) is 4. The molecule has 4 rings (SSSR count). The predicted molar refractivity (Wildman–Crippen MR) is 101 cm³/mol. The highest BCUT2D eigenvalue weighted by molar-refractivity contribution is 9.10. The normalized spacial score (nSPS) is 17.1. The van der Waals surface area contributed by atoms with E-state index < -0.39 is 5.25 Å². The molecular weight excluding hydrogens is 418 g/mol. The first-order valence-corrected chi connectivity index (χ1v) is 9.41. The minimum Gasteiger partial charge on any atom is -0.274 e. The first-order valence-electron chi connectivity index (χ1n) is 7.73. The molecule has 2 aromatic heterocycles. The van der Waals surface area contributed by atoms with Crippen LogP contribution in [0, 0.1) is 0 Å². The van der Waals surface area contributed by atoms with E-state index in [-0.39, 0.29) is 18.2 Å². The van der Waals surface area contributed by atoms with Gasteiger partial charge in [0.25, 0.3) is 0 Å². The summed E-state index contributed by atoms with van der Waals surface area (Å²) in [7, 11) is 0. The number of hydrogen-bond donors (Lipinski definition) is 1. The fraction of sp³-hybridized carbons (Fsp3) is 0.118. The lowest BCUT2D eigenvalue weighted by Gasteiger charge is -2.14. The Morgan fingerprint density at radius 2 is 1.85 bits per heavy atom. The van der Waals surface area contributed by atoms with E-state index in [4.69, 9.17) is 0 Å². The van der Waals surface area contributed by atoms with Gasteiger partial charge in [0, 0.05) is 28.9 Å². The molecule has 1 aliphatic heterocycles. The summed E-state index contributed by atoms with van der Waals surface area (Å²) >= 11 is 4.54. The van der Waals surface area contributed by atoms with Gasteiger partial charge in [-0.2, -0.15) is 0 Å². The SMILES string of the molecule is O=C1CC(Sc2n[nH]c(-c3ccncc3)n2)C(=O)N1c1ccc(Br)cc1. The van der Waals surface area contributed by atoms with Crippen LogP contribution in [0.25, 0.3) is 11.4 Å². The second-order valence-corrected chi connectivity index (χ2v) is 7.64. The number of thioether (sulfide) groups is 1. The zero-order valence-corrected chi connectivity index (χ0v) is 15.7. The maximum atomic E-state index is 12.7. The van der Waals surface area contributed by atoms with Gasteiger partial charge < -0.3 is 0 Å². The van der Waals surface area contributed by atoms with Gasteiger partial charge in [-0.05, 0) is 36.4 Å². The molecule has 0 aliphatic carbocycles. The number of rotatable bonds is 4. The van der Waals surface area contributed by atoms with Crippen LogP contribution < -0.4 is 4.90 Å². The number of imide groups is 1. The van der Waals surface area contributed by atoms with Gasteiger partial charge in [-0.1, -0.05) is 27.7 Å². The molecule has 3 aromatic rings. The monoisotopic (exact) mass is 429 g/mol. The second-order valence-electron chi connectivity index (χ2n) is 5.56. The van der Waals surface area contributed by atoms with Gasteiger partial charge in [0.2, 0.25) is 17.0 Å². The zero-order valence-electron chi connectivity index (χ0n) is 13.3. The summed E-state index contributed by atoms with van der Waals surface area (Å²) in [5, 5.41) is 6.89. The molecule has 1 atom stereocenters. The van der Waals surface area contributed by atoms with Gasteiger partial charge in [0.1, 0.15) is 5.25 Å². The van der Waals surface area contributed by atoms with Crippen molar-refractivity contribution in [3.8, 4) is 11.4 Å². The Morgan fingerprint density at radius 3 is 2.58 bits per heavy atom. The molecule has 9 heteroatoms. The molecule has 3 heterocycles. The quantitative estimate of drug-likeness (QED) is 0.640. The van der Waals surface area contributed by atoms with Crippen LogP contribution in [0.4, 0.5) is 5.69 Å². The van der Waals surface area contributed by atoms with Crippen molar-refractivity contribution in [3.05, 3.63) is 53.3 Å². The molecule has 2 amide bonds. The summed E-state index contributed by atoms with van der Waals surface area (Å²) in [5.41, 5.74) is 1.42. The highest BCUT2D eigenvalue weighted by Crippen LogP contribution is 2.33. The molecule has 1 aliphatic rings. The third-order valence-corrected chi connectivity index (χ3v) is 5.43. The van der Waals surface area contributed by atoms with Crippen molar-refractivity contribution >= 4 is 45.2 Å². The average Bonchev–Trinajstić information content (AvgIpc) is 3.22. The maximum absolute atomic E-state index is 12.7. The molecule has 1 unspecified atom stereocenters. The topological polar surface area (TPSA) is 91.8 Å². The van der Waals surface area contributed by atoms with E-state index in [2.05, 4.69) is 36.1 Å². The number of aromatic amines is 1. The maximum Gasteiger partial charge on any atom is 0.247 e. The van der Waals surface area contributed by atoms with E-state index in [1.165, 1.54) is 16.7 Å². The molecule has 26 heavy (non-hydrogen) atoms. The van der Waals surface area contributed by atoms with Crippen LogP contribution in [0.2, 0.25) is 0 Å². The highest BCUT2D eigenvalue weighted by Gasteiger charge is 2.40.